The Hall–Kier alpha value is -1.81. The third-order valence-corrected chi connectivity index (χ3v) is 5.32. The Morgan fingerprint density at radius 1 is 1.24 bits per heavy atom. The summed E-state index contributed by atoms with van der Waals surface area (Å²) in [4.78, 5) is 9.96. The molecule has 0 spiro atoms. The van der Waals surface area contributed by atoms with E-state index in [9.17, 15) is 0 Å². The number of aliphatic imine (C=N–C) groups is 1. The molecule has 1 fully saturated rings. The lowest BCUT2D eigenvalue weighted by Gasteiger charge is -2.25. The molecule has 3 rings (SSSR count). The maximum absolute atomic E-state index is 4.95. The average Bonchev–Trinajstić information content (AvgIpc) is 3.30. The monoisotopic (exact) mass is 340 g/mol. The Bertz CT molecular complexity index is 597. The van der Waals surface area contributed by atoms with E-state index in [4.69, 9.17) is 4.99 Å². The molecule has 1 aromatic rings. The van der Waals surface area contributed by atoms with Crippen molar-refractivity contribution in [3.8, 4) is 0 Å². The average molecular weight is 341 g/mol. The van der Waals surface area contributed by atoms with Gasteiger partial charge < -0.3 is 10.2 Å². The van der Waals surface area contributed by atoms with Gasteiger partial charge in [0.05, 0.1) is 0 Å². The fourth-order valence-corrected chi connectivity index (χ4v) is 3.67. The van der Waals surface area contributed by atoms with Crippen molar-refractivity contribution in [3.63, 3.8) is 0 Å². The van der Waals surface area contributed by atoms with Crippen LogP contribution in [0.2, 0.25) is 0 Å². The molecule has 1 N–H and O–H groups in total. The van der Waals surface area contributed by atoms with E-state index in [0.29, 0.717) is 12.0 Å². The zero-order chi connectivity index (χ0) is 17.6. The zero-order valence-electron chi connectivity index (χ0n) is 15.9. The van der Waals surface area contributed by atoms with Crippen LogP contribution < -0.4 is 5.32 Å². The lowest BCUT2D eigenvalue weighted by Crippen LogP contribution is -2.43. The third-order valence-electron chi connectivity index (χ3n) is 5.32. The van der Waals surface area contributed by atoms with Crippen LogP contribution in [0.3, 0.4) is 0 Å². The van der Waals surface area contributed by atoms with E-state index in [0.717, 1.165) is 45.2 Å². The van der Waals surface area contributed by atoms with E-state index in [-0.39, 0.29) is 0 Å². The van der Waals surface area contributed by atoms with Crippen LogP contribution in [-0.4, -0.2) is 61.1 Å². The maximum atomic E-state index is 4.95. The normalized spacial score (nSPS) is 22.6. The predicted octanol–water partition coefficient (Wildman–Crippen LogP) is 3.01. The van der Waals surface area contributed by atoms with Crippen LogP contribution in [0.15, 0.2) is 41.4 Å². The van der Waals surface area contributed by atoms with Crippen LogP contribution >= 0.6 is 0 Å². The van der Waals surface area contributed by atoms with Crippen LogP contribution in [0.1, 0.15) is 37.3 Å². The number of rotatable bonds is 5. The van der Waals surface area contributed by atoms with Crippen molar-refractivity contribution < 1.29 is 0 Å². The summed E-state index contributed by atoms with van der Waals surface area (Å²) in [6.45, 7) is 12.7. The number of likely N-dealkylation sites (tertiary alicyclic amines) is 1. The first-order valence-electron chi connectivity index (χ1n) is 9.66. The summed E-state index contributed by atoms with van der Waals surface area (Å²) in [5.74, 6) is 1.52. The van der Waals surface area contributed by atoms with Crippen LogP contribution in [0.25, 0.3) is 0 Å². The first-order chi connectivity index (χ1) is 12.2. The van der Waals surface area contributed by atoms with Gasteiger partial charge in [-0.2, -0.15) is 0 Å². The first kappa shape index (κ1) is 18.0. The fraction of sp³-hybridized carbons (Fsp3) is 0.571. The van der Waals surface area contributed by atoms with Gasteiger partial charge >= 0.3 is 0 Å². The van der Waals surface area contributed by atoms with E-state index in [2.05, 4.69) is 72.3 Å². The van der Waals surface area contributed by atoms with Gasteiger partial charge in [0.25, 0.3) is 0 Å². The molecule has 0 aliphatic carbocycles. The summed E-state index contributed by atoms with van der Waals surface area (Å²) in [6.07, 6.45) is 5.80. The van der Waals surface area contributed by atoms with Gasteiger partial charge in [0.15, 0.2) is 5.96 Å². The van der Waals surface area contributed by atoms with Crippen molar-refractivity contribution in [2.75, 3.05) is 39.3 Å². The molecule has 2 atom stereocenters. The summed E-state index contributed by atoms with van der Waals surface area (Å²) in [5.41, 5.74) is 2.68. The minimum Gasteiger partial charge on any atom is -0.357 e. The second kappa shape index (κ2) is 8.52. The quantitative estimate of drug-likeness (QED) is 0.508. The van der Waals surface area contributed by atoms with Crippen LogP contribution in [-0.2, 0) is 0 Å². The molecule has 25 heavy (non-hydrogen) atoms. The minimum atomic E-state index is 0.440. The minimum absolute atomic E-state index is 0.440. The number of nitrogens with zero attached hydrogens (tertiary/aromatic N) is 3. The number of guanidine groups is 1. The van der Waals surface area contributed by atoms with Crippen LogP contribution in [0.4, 0.5) is 0 Å². The van der Waals surface area contributed by atoms with Crippen molar-refractivity contribution in [2.45, 2.75) is 39.2 Å². The van der Waals surface area contributed by atoms with E-state index in [1.165, 1.54) is 17.5 Å². The van der Waals surface area contributed by atoms with Gasteiger partial charge in [0.2, 0.25) is 0 Å². The van der Waals surface area contributed by atoms with Crippen molar-refractivity contribution in [1.29, 1.82) is 0 Å². The van der Waals surface area contributed by atoms with Gasteiger partial charge in [-0.05, 0) is 25.8 Å². The standard InChI is InChI=1S/C21H32N4/c1-4-22-21(23-15-18(3)19-9-7-17(2)8-10-19)25-14-11-20(16-25)24-12-5-6-13-24/h5-10,18,20H,4,11-16H2,1-3H3,(H,22,23). The van der Waals surface area contributed by atoms with Gasteiger partial charge in [0.1, 0.15) is 0 Å². The molecule has 1 aromatic carbocycles. The highest BCUT2D eigenvalue weighted by Crippen LogP contribution is 2.19. The molecule has 0 saturated carbocycles. The molecule has 136 valence electrons. The van der Waals surface area contributed by atoms with E-state index >= 15 is 0 Å². The summed E-state index contributed by atoms with van der Waals surface area (Å²) in [7, 11) is 0. The van der Waals surface area contributed by atoms with Crippen LogP contribution in [0, 0.1) is 6.92 Å². The van der Waals surface area contributed by atoms with Gasteiger partial charge in [-0.1, -0.05) is 48.9 Å². The first-order valence-corrected chi connectivity index (χ1v) is 9.66. The number of benzene rings is 1. The molecule has 2 heterocycles. The van der Waals surface area contributed by atoms with Crippen molar-refractivity contribution in [3.05, 3.63) is 47.5 Å². The van der Waals surface area contributed by atoms with Gasteiger partial charge in [-0.15, -0.1) is 0 Å². The lowest BCUT2D eigenvalue weighted by molar-refractivity contribution is 0.259. The highest BCUT2D eigenvalue weighted by atomic mass is 15.3. The molecule has 0 aromatic heterocycles. The maximum Gasteiger partial charge on any atom is 0.193 e. The fourth-order valence-electron chi connectivity index (χ4n) is 3.67. The Morgan fingerprint density at radius 2 is 1.96 bits per heavy atom. The van der Waals surface area contributed by atoms with Crippen molar-refractivity contribution >= 4 is 5.96 Å². The lowest BCUT2D eigenvalue weighted by atomic mass is 10.0. The topological polar surface area (TPSA) is 30.9 Å². The second-order valence-corrected chi connectivity index (χ2v) is 7.32. The van der Waals surface area contributed by atoms with Crippen molar-refractivity contribution in [1.82, 2.24) is 15.1 Å². The molecule has 4 heteroatoms. The van der Waals surface area contributed by atoms with E-state index in [1.54, 1.807) is 0 Å². The SMILES string of the molecule is CCNC(=NCC(C)c1ccc(C)cc1)N1CCC(N2CC=CC2)C1. The molecule has 2 unspecified atom stereocenters. The largest absolute Gasteiger partial charge is 0.357 e. The molecule has 0 amide bonds. The smallest absolute Gasteiger partial charge is 0.193 e. The number of hydrogen-bond donors (Lipinski definition) is 1. The van der Waals surface area contributed by atoms with E-state index in [1.807, 2.05) is 0 Å². The molecular formula is C21H32N4. The molecule has 0 bridgehead atoms. The van der Waals surface area contributed by atoms with Crippen molar-refractivity contribution in [2.24, 2.45) is 4.99 Å². The second-order valence-electron chi connectivity index (χ2n) is 7.32. The molecule has 2 aliphatic heterocycles. The highest BCUT2D eigenvalue weighted by Gasteiger charge is 2.29. The molecule has 4 nitrogen and oxygen atoms in total. The summed E-state index contributed by atoms with van der Waals surface area (Å²) in [5, 5.41) is 3.49. The number of aryl methyl sites for hydroxylation is 1. The number of nitrogens with one attached hydrogen (secondary N) is 1. The van der Waals surface area contributed by atoms with Gasteiger partial charge in [0, 0.05) is 51.2 Å². The van der Waals surface area contributed by atoms with E-state index < -0.39 is 0 Å². The molecule has 2 aliphatic rings. The Kier molecular flexibility index (Phi) is 6.14. The molecule has 1 saturated heterocycles. The Balaban J connectivity index is 1.60. The zero-order valence-corrected chi connectivity index (χ0v) is 15.9. The summed E-state index contributed by atoms with van der Waals surface area (Å²) < 4.78 is 0. The Morgan fingerprint density at radius 3 is 2.64 bits per heavy atom. The summed E-state index contributed by atoms with van der Waals surface area (Å²) >= 11 is 0. The Labute approximate surface area is 152 Å². The predicted molar refractivity (Wildman–Crippen MR) is 106 cm³/mol. The van der Waals surface area contributed by atoms with Gasteiger partial charge in [-0.3, -0.25) is 9.89 Å². The highest BCUT2D eigenvalue weighted by molar-refractivity contribution is 5.80. The van der Waals surface area contributed by atoms with Crippen LogP contribution in [0.5, 0.6) is 0 Å². The molecule has 0 radical (unpaired) electrons. The third kappa shape index (κ3) is 4.63. The molecular weight excluding hydrogens is 308 g/mol. The number of hydrogen-bond acceptors (Lipinski definition) is 2. The summed E-state index contributed by atoms with van der Waals surface area (Å²) in [6, 6.07) is 9.50. The van der Waals surface area contributed by atoms with Gasteiger partial charge in [-0.25, -0.2) is 0 Å².